The molecule has 1 fully saturated rings. The highest BCUT2D eigenvalue weighted by atomic mass is 79.9. The van der Waals surface area contributed by atoms with E-state index in [9.17, 15) is 18.0 Å². The summed E-state index contributed by atoms with van der Waals surface area (Å²) in [6.45, 7) is -0.334. The number of halogens is 2. The maximum Gasteiger partial charge on any atom is 0.244 e. The molecular formula is C31H35BrClN3O4S. The number of sulfonamides is 1. The summed E-state index contributed by atoms with van der Waals surface area (Å²) < 4.78 is 27.6. The molecule has 3 aromatic rings. The van der Waals surface area contributed by atoms with Gasteiger partial charge >= 0.3 is 0 Å². The molecule has 1 saturated carbocycles. The molecule has 0 heterocycles. The zero-order valence-corrected chi connectivity index (χ0v) is 26.2. The Kier molecular flexibility index (Phi) is 10.9. The van der Waals surface area contributed by atoms with Gasteiger partial charge in [-0.05, 0) is 60.4 Å². The summed E-state index contributed by atoms with van der Waals surface area (Å²) in [7, 11) is -3.81. The fourth-order valence-corrected chi connectivity index (χ4v) is 6.35. The van der Waals surface area contributed by atoms with Crippen molar-refractivity contribution >= 4 is 55.1 Å². The Hall–Kier alpha value is -2.88. The van der Waals surface area contributed by atoms with E-state index < -0.39 is 28.5 Å². The highest BCUT2D eigenvalue weighted by molar-refractivity contribution is 9.10. The van der Waals surface area contributed by atoms with Crippen LogP contribution in [0, 0.1) is 0 Å². The van der Waals surface area contributed by atoms with E-state index in [4.69, 9.17) is 11.6 Å². The van der Waals surface area contributed by atoms with Gasteiger partial charge in [0.15, 0.2) is 0 Å². The highest BCUT2D eigenvalue weighted by Crippen LogP contribution is 2.24. The lowest BCUT2D eigenvalue weighted by Crippen LogP contribution is -2.55. The van der Waals surface area contributed by atoms with Gasteiger partial charge in [0.25, 0.3) is 0 Å². The summed E-state index contributed by atoms with van der Waals surface area (Å²) in [5, 5.41) is 3.76. The van der Waals surface area contributed by atoms with Gasteiger partial charge < -0.3 is 10.2 Å². The molecule has 0 aromatic heterocycles. The molecule has 1 aliphatic rings. The molecular weight excluding hydrogens is 626 g/mol. The van der Waals surface area contributed by atoms with E-state index in [0.29, 0.717) is 10.7 Å². The summed E-state index contributed by atoms with van der Waals surface area (Å²) in [6, 6.07) is 22.6. The first-order chi connectivity index (χ1) is 19.6. The van der Waals surface area contributed by atoms with Crippen LogP contribution in [0.4, 0.5) is 5.69 Å². The summed E-state index contributed by atoms with van der Waals surface area (Å²) in [6.07, 6.45) is 6.43. The van der Waals surface area contributed by atoms with Crippen LogP contribution in [0.3, 0.4) is 0 Å². The van der Waals surface area contributed by atoms with E-state index >= 15 is 0 Å². The van der Waals surface area contributed by atoms with Crippen LogP contribution in [0.1, 0.15) is 43.2 Å². The van der Waals surface area contributed by atoms with E-state index in [1.807, 2.05) is 42.5 Å². The number of benzene rings is 3. The molecule has 0 spiro atoms. The quantitative estimate of drug-likeness (QED) is 0.275. The fraction of sp³-hybridized carbons (Fsp3) is 0.355. The number of hydrogen-bond acceptors (Lipinski definition) is 4. The van der Waals surface area contributed by atoms with Crippen molar-refractivity contribution in [1.29, 1.82) is 0 Å². The van der Waals surface area contributed by atoms with Crippen LogP contribution in [-0.2, 0) is 32.6 Å². The van der Waals surface area contributed by atoms with E-state index in [0.717, 1.165) is 58.3 Å². The summed E-state index contributed by atoms with van der Waals surface area (Å²) in [5.74, 6) is -0.717. The average Bonchev–Trinajstić information content (AvgIpc) is 2.95. The maximum absolute atomic E-state index is 14.1. The number of hydrogen-bond donors (Lipinski definition) is 1. The van der Waals surface area contributed by atoms with Gasteiger partial charge in [0.1, 0.15) is 12.6 Å². The smallest absolute Gasteiger partial charge is 0.244 e. The van der Waals surface area contributed by atoms with Crippen LogP contribution in [0.2, 0.25) is 5.02 Å². The van der Waals surface area contributed by atoms with Crippen LogP contribution >= 0.6 is 27.5 Å². The first-order valence-corrected chi connectivity index (χ1v) is 16.7. The number of anilines is 1. The molecule has 0 aliphatic heterocycles. The lowest BCUT2D eigenvalue weighted by Gasteiger charge is -2.35. The van der Waals surface area contributed by atoms with Crippen molar-refractivity contribution in [1.82, 2.24) is 10.2 Å². The molecule has 3 aromatic carbocycles. The van der Waals surface area contributed by atoms with Crippen LogP contribution in [-0.4, -0.2) is 50.0 Å². The lowest BCUT2D eigenvalue weighted by molar-refractivity contribution is -0.140. The Morgan fingerprint density at radius 3 is 2.17 bits per heavy atom. The largest absolute Gasteiger partial charge is 0.352 e. The van der Waals surface area contributed by atoms with Gasteiger partial charge in [-0.1, -0.05) is 89.3 Å². The summed E-state index contributed by atoms with van der Waals surface area (Å²) in [4.78, 5) is 29.6. The summed E-state index contributed by atoms with van der Waals surface area (Å²) >= 11 is 9.49. The standard InChI is InChI=1S/C31H35BrClN3O4S/c1-41(39,40)36(28-18-14-25(32)15-19-28)22-30(37)35(21-24-12-16-26(33)17-13-24)29(20-23-8-4-2-5-9-23)31(38)34-27-10-6-3-7-11-27/h2,4-5,8-9,12-19,27,29H,3,6-7,10-11,20-22H2,1H3,(H,34,38). The normalized spacial score (nSPS) is 14.7. The Morgan fingerprint density at radius 2 is 1.56 bits per heavy atom. The predicted molar refractivity (Wildman–Crippen MR) is 167 cm³/mol. The number of amides is 2. The van der Waals surface area contributed by atoms with Gasteiger partial charge in [-0.25, -0.2) is 8.42 Å². The van der Waals surface area contributed by atoms with Crippen LogP contribution in [0.5, 0.6) is 0 Å². The SMILES string of the molecule is CS(=O)(=O)N(CC(=O)N(Cc1ccc(Cl)cc1)C(Cc1ccccc1)C(=O)NC1CCCCC1)c1ccc(Br)cc1. The van der Waals surface area contributed by atoms with Gasteiger partial charge in [0, 0.05) is 28.5 Å². The van der Waals surface area contributed by atoms with Gasteiger partial charge in [-0.3, -0.25) is 13.9 Å². The number of nitrogens with one attached hydrogen (secondary N) is 1. The Morgan fingerprint density at radius 1 is 0.927 bits per heavy atom. The lowest BCUT2D eigenvalue weighted by atomic mass is 9.94. The molecule has 1 unspecified atom stereocenters. The van der Waals surface area contributed by atoms with Crippen molar-refractivity contribution in [2.75, 3.05) is 17.1 Å². The second-order valence-corrected chi connectivity index (χ2v) is 13.7. The third kappa shape index (κ3) is 9.05. The van der Waals surface area contributed by atoms with Gasteiger partial charge in [0.2, 0.25) is 21.8 Å². The van der Waals surface area contributed by atoms with Gasteiger partial charge in [-0.15, -0.1) is 0 Å². The maximum atomic E-state index is 14.1. The summed E-state index contributed by atoms with van der Waals surface area (Å²) in [5.41, 5.74) is 2.04. The fourth-order valence-electron chi connectivity index (χ4n) is 5.11. The molecule has 2 amide bonds. The predicted octanol–water partition coefficient (Wildman–Crippen LogP) is 5.96. The first kappa shape index (κ1) is 31.1. The van der Waals surface area contributed by atoms with Crippen molar-refractivity contribution in [3.63, 3.8) is 0 Å². The van der Waals surface area contributed by atoms with Crippen molar-refractivity contribution in [3.8, 4) is 0 Å². The minimum atomic E-state index is -3.81. The Labute approximate surface area is 256 Å². The minimum Gasteiger partial charge on any atom is -0.352 e. The topological polar surface area (TPSA) is 86.8 Å². The van der Waals surface area contributed by atoms with Gasteiger partial charge in [0.05, 0.1) is 11.9 Å². The monoisotopic (exact) mass is 659 g/mol. The van der Waals surface area contributed by atoms with Crippen LogP contribution < -0.4 is 9.62 Å². The zero-order valence-electron chi connectivity index (χ0n) is 23.0. The molecule has 7 nitrogen and oxygen atoms in total. The molecule has 1 atom stereocenters. The van der Waals surface area contributed by atoms with E-state index in [1.54, 1.807) is 36.4 Å². The molecule has 4 rings (SSSR count). The Balaban J connectivity index is 1.71. The molecule has 1 N–H and O–H groups in total. The number of nitrogens with zero attached hydrogens (tertiary/aromatic N) is 2. The van der Waals surface area contributed by atoms with Crippen LogP contribution in [0.25, 0.3) is 0 Å². The molecule has 0 saturated heterocycles. The second kappa shape index (κ2) is 14.3. The number of rotatable bonds is 11. The van der Waals surface area contributed by atoms with E-state index in [1.165, 1.54) is 4.90 Å². The molecule has 10 heteroatoms. The van der Waals surface area contributed by atoms with Crippen molar-refractivity contribution < 1.29 is 18.0 Å². The third-order valence-corrected chi connectivity index (χ3v) is 9.20. The minimum absolute atomic E-state index is 0.0530. The van der Waals surface area contributed by atoms with Crippen molar-refractivity contribution in [2.45, 2.75) is 57.2 Å². The number of carbonyl (C=O) groups is 2. The van der Waals surface area contributed by atoms with Crippen LogP contribution in [0.15, 0.2) is 83.3 Å². The third-order valence-electron chi connectivity index (χ3n) is 7.28. The van der Waals surface area contributed by atoms with E-state index in [-0.39, 0.29) is 24.9 Å². The molecule has 0 bridgehead atoms. The second-order valence-electron chi connectivity index (χ2n) is 10.4. The van der Waals surface area contributed by atoms with Crippen molar-refractivity contribution in [2.24, 2.45) is 0 Å². The average molecular weight is 661 g/mol. The molecule has 41 heavy (non-hydrogen) atoms. The van der Waals surface area contributed by atoms with Gasteiger partial charge in [-0.2, -0.15) is 0 Å². The molecule has 218 valence electrons. The van der Waals surface area contributed by atoms with Crippen molar-refractivity contribution in [3.05, 3.63) is 99.5 Å². The Bertz CT molecular complexity index is 1410. The molecule has 0 radical (unpaired) electrons. The molecule has 1 aliphatic carbocycles. The first-order valence-electron chi connectivity index (χ1n) is 13.7. The highest BCUT2D eigenvalue weighted by Gasteiger charge is 2.34. The van der Waals surface area contributed by atoms with E-state index in [2.05, 4.69) is 21.2 Å². The zero-order chi connectivity index (χ0) is 29.4. The number of carbonyl (C=O) groups excluding carboxylic acids is 2.